The number of phenols is 2. The van der Waals surface area contributed by atoms with Crippen molar-refractivity contribution >= 4 is 0 Å². The van der Waals surface area contributed by atoms with E-state index in [0.717, 1.165) is 12.0 Å². The Balaban J connectivity index is 3.33. The van der Waals surface area contributed by atoms with Crippen molar-refractivity contribution in [2.24, 2.45) is 5.73 Å². The van der Waals surface area contributed by atoms with Crippen molar-refractivity contribution in [3.8, 4) is 11.5 Å². The van der Waals surface area contributed by atoms with Gasteiger partial charge in [0.15, 0.2) is 11.5 Å². The maximum atomic E-state index is 9.67. The van der Waals surface area contributed by atoms with E-state index in [1.807, 2.05) is 19.9 Å². The van der Waals surface area contributed by atoms with E-state index in [0.29, 0.717) is 11.1 Å². The Labute approximate surface area is 84.2 Å². The van der Waals surface area contributed by atoms with Crippen molar-refractivity contribution in [2.75, 3.05) is 0 Å². The number of rotatable bonds is 2. The van der Waals surface area contributed by atoms with Crippen LogP contribution in [0.1, 0.15) is 36.1 Å². The number of aromatic hydroxyl groups is 2. The van der Waals surface area contributed by atoms with Gasteiger partial charge in [0.05, 0.1) is 0 Å². The third-order valence-electron chi connectivity index (χ3n) is 2.66. The molecule has 0 fully saturated rings. The molecule has 0 unspecified atom stereocenters. The van der Waals surface area contributed by atoms with Gasteiger partial charge in [-0.15, -0.1) is 0 Å². The van der Waals surface area contributed by atoms with Crippen LogP contribution in [-0.2, 0) is 0 Å². The Morgan fingerprint density at radius 1 is 1.29 bits per heavy atom. The summed E-state index contributed by atoms with van der Waals surface area (Å²) in [7, 11) is 0. The van der Waals surface area contributed by atoms with E-state index in [-0.39, 0.29) is 17.5 Å². The molecule has 1 rings (SSSR count). The molecule has 0 spiro atoms. The Hall–Kier alpha value is -1.22. The lowest BCUT2D eigenvalue weighted by Gasteiger charge is -2.15. The zero-order valence-electron chi connectivity index (χ0n) is 8.83. The minimum Gasteiger partial charge on any atom is -0.504 e. The molecule has 0 aromatic heterocycles. The van der Waals surface area contributed by atoms with Gasteiger partial charge in [0.25, 0.3) is 0 Å². The summed E-state index contributed by atoms with van der Waals surface area (Å²) in [6.45, 7) is 5.60. The van der Waals surface area contributed by atoms with Gasteiger partial charge in [0.2, 0.25) is 0 Å². The van der Waals surface area contributed by atoms with Gasteiger partial charge in [-0.2, -0.15) is 0 Å². The molecule has 3 nitrogen and oxygen atoms in total. The first-order valence-corrected chi connectivity index (χ1v) is 4.76. The van der Waals surface area contributed by atoms with Crippen LogP contribution in [0.2, 0.25) is 0 Å². The van der Waals surface area contributed by atoms with Crippen LogP contribution < -0.4 is 5.73 Å². The summed E-state index contributed by atoms with van der Waals surface area (Å²) in [6, 6.07) is 1.61. The zero-order chi connectivity index (χ0) is 10.9. The smallest absolute Gasteiger partial charge is 0.162 e. The molecule has 1 aromatic rings. The lowest BCUT2D eigenvalue weighted by molar-refractivity contribution is 0.392. The molecule has 4 N–H and O–H groups in total. The Morgan fingerprint density at radius 3 is 2.36 bits per heavy atom. The van der Waals surface area contributed by atoms with Gasteiger partial charge in [-0.05, 0) is 31.4 Å². The predicted molar refractivity (Wildman–Crippen MR) is 56.5 cm³/mol. The Bertz CT molecular complexity index is 348. The van der Waals surface area contributed by atoms with E-state index in [1.165, 1.54) is 0 Å². The van der Waals surface area contributed by atoms with Crippen LogP contribution in [0, 0.1) is 13.8 Å². The SMILES string of the molecule is CC[C@@H](N)c1cc(C)c(C)c(O)c1O. The highest BCUT2D eigenvalue weighted by atomic mass is 16.3. The fourth-order valence-corrected chi connectivity index (χ4v) is 1.41. The highest BCUT2D eigenvalue weighted by Crippen LogP contribution is 2.37. The number of aryl methyl sites for hydroxylation is 1. The molecule has 0 radical (unpaired) electrons. The summed E-state index contributed by atoms with van der Waals surface area (Å²) in [5.74, 6) is -0.133. The monoisotopic (exact) mass is 195 g/mol. The summed E-state index contributed by atoms with van der Waals surface area (Å²) < 4.78 is 0. The molecule has 0 bridgehead atoms. The van der Waals surface area contributed by atoms with Gasteiger partial charge in [0.1, 0.15) is 0 Å². The number of hydrogen-bond acceptors (Lipinski definition) is 3. The molecule has 3 heteroatoms. The van der Waals surface area contributed by atoms with Crippen molar-refractivity contribution < 1.29 is 10.2 Å². The van der Waals surface area contributed by atoms with Gasteiger partial charge >= 0.3 is 0 Å². The van der Waals surface area contributed by atoms with Crippen LogP contribution in [0.5, 0.6) is 11.5 Å². The molecule has 1 aromatic carbocycles. The standard InChI is InChI=1S/C11H17NO2/c1-4-9(12)8-5-6(2)7(3)10(13)11(8)14/h5,9,13-14H,4,12H2,1-3H3/t9-/m1/s1. The quantitative estimate of drug-likeness (QED) is 0.633. The van der Waals surface area contributed by atoms with Crippen molar-refractivity contribution in [1.82, 2.24) is 0 Å². The first kappa shape index (κ1) is 10.9. The summed E-state index contributed by atoms with van der Waals surface area (Å²) in [6.07, 6.45) is 0.732. The Kier molecular flexibility index (Phi) is 3.01. The lowest BCUT2D eigenvalue weighted by atomic mass is 9.98. The van der Waals surface area contributed by atoms with Crippen molar-refractivity contribution in [3.63, 3.8) is 0 Å². The Morgan fingerprint density at radius 2 is 1.86 bits per heavy atom. The third-order valence-corrected chi connectivity index (χ3v) is 2.66. The molecule has 78 valence electrons. The van der Waals surface area contributed by atoms with Crippen molar-refractivity contribution in [3.05, 3.63) is 22.8 Å². The van der Waals surface area contributed by atoms with Gasteiger partial charge < -0.3 is 15.9 Å². The first-order valence-electron chi connectivity index (χ1n) is 4.76. The normalized spacial score (nSPS) is 12.9. The fraction of sp³-hybridized carbons (Fsp3) is 0.455. The highest BCUT2D eigenvalue weighted by Gasteiger charge is 2.15. The minimum absolute atomic E-state index is 0.0519. The van der Waals surface area contributed by atoms with E-state index in [4.69, 9.17) is 5.73 Å². The molecule has 0 aliphatic rings. The molecule has 0 aliphatic heterocycles. The van der Waals surface area contributed by atoms with Crippen LogP contribution >= 0.6 is 0 Å². The maximum absolute atomic E-state index is 9.67. The van der Waals surface area contributed by atoms with Gasteiger partial charge in [-0.3, -0.25) is 0 Å². The number of phenolic OH excluding ortho intramolecular Hbond substituents is 2. The first-order chi connectivity index (χ1) is 6.49. The van der Waals surface area contributed by atoms with Gasteiger partial charge in [0, 0.05) is 11.6 Å². The van der Waals surface area contributed by atoms with E-state index in [2.05, 4.69) is 0 Å². The molecule has 0 saturated carbocycles. The van der Waals surface area contributed by atoms with Crippen molar-refractivity contribution in [1.29, 1.82) is 0 Å². The summed E-state index contributed by atoms with van der Waals surface area (Å²) in [5, 5.41) is 19.3. The molecule has 0 saturated heterocycles. The van der Waals surface area contributed by atoms with Crippen LogP contribution in [-0.4, -0.2) is 10.2 Å². The van der Waals surface area contributed by atoms with Crippen molar-refractivity contribution in [2.45, 2.75) is 33.2 Å². The largest absolute Gasteiger partial charge is 0.504 e. The topological polar surface area (TPSA) is 66.5 Å². The molecule has 0 heterocycles. The predicted octanol–water partition coefficient (Wildman–Crippen LogP) is 2.12. The molecular formula is C11H17NO2. The molecule has 0 amide bonds. The second-order valence-electron chi connectivity index (χ2n) is 3.62. The van der Waals surface area contributed by atoms with E-state index in [9.17, 15) is 10.2 Å². The zero-order valence-corrected chi connectivity index (χ0v) is 8.83. The van der Waals surface area contributed by atoms with Gasteiger partial charge in [-0.25, -0.2) is 0 Å². The number of benzene rings is 1. The number of nitrogens with two attached hydrogens (primary N) is 1. The molecule has 1 atom stereocenters. The van der Waals surface area contributed by atoms with E-state index >= 15 is 0 Å². The lowest BCUT2D eigenvalue weighted by Crippen LogP contribution is -2.09. The second-order valence-corrected chi connectivity index (χ2v) is 3.62. The van der Waals surface area contributed by atoms with Crippen LogP contribution in [0.4, 0.5) is 0 Å². The minimum atomic E-state index is -0.222. The second kappa shape index (κ2) is 3.88. The van der Waals surface area contributed by atoms with E-state index in [1.54, 1.807) is 6.92 Å². The van der Waals surface area contributed by atoms with Crippen LogP contribution in [0.25, 0.3) is 0 Å². The highest BCUT2D eigenvalue weighted by molar-refractivity contribution is 5.54. The average Bonchev–Trinajstić information content (AvgIpc) is 2.19. The molecule has 0 aliphatic carbocycles. The summed E-state index contributed by atoms with van der Waals surface area (Å²) in [5.41, 5.74) is 8.08. The van der Waals surface area contributed by atoms with Crippen LogP contribution in [0.15, 0.2) is 6.07 Å². The maximum Gasteiger partial charge on any atom is 0.162 e. The number of hydrogen-bond donors (Lipinski definition) is 3. The van der Waals surface area contributed by atoms with Gasteiger partial charge in [-0.1, -0.05) is 13.0 Å². The molecule has 14 heavy (non-hydrogen) atoms. The molecular weight excluding hydrogens is 178 g/mol. The van der Waals surface area contributed by atoms with Crippen LogP contribution in [0.3, 0.4) is 0 Å². The average molecular weight is 195 g/mol. The summed E-state index contributed by atoms with van der Waals surface area (Å²) in [4.78, 5) is 0. The third kappa shape index (κ3) is 1.68. The van der Waals surface area contributed by atoms with E-state index < -0.39 is 0 Å². The fourth-order valence-electron chi connectivity index (χ4n) is 1.41. The summed E-state index contributed by atoms with van der Waals surface area (Å²) >= 11 is 0.